The van der Waals surface area contributed by atoms with Gasteiger partial charge in [-0.25, -0.2) is 9.59 Å². The zero-order chi connectivity index (χ0) is 30.8. The number of carbonyl (C=O) groups is 4. The van der Waals surface area contributed by atoms with E-state index in [-0.39, 0.29) is 30.2 Å². The third-order valence-electron chi connectivity index (χ3n) is 6.97. The number of carbonyl (C=O) groups excluding carboxylic acids is 3. The molecule has 4 rings (SSSR count). The number of nitrogens with zero attached hydrogens (tertiary/aromatic N) is 2. The number of carboxylic acids is 1. The number of benzene rings is 3. The van der Waals surface area contributed by atoms with E-state index in [0.29, 0.717) is 11.3 Å². The number of ether oxygens (including phenoxy) is 3. The van der Waals surface area contributed by atoms with Crippen LogP contribution < -0.4 is 19.7 Å². The topological polar surface area (TPSA) is 135 Å². The average Bonchev–Trinajstić information content (AvgIpc) is 3.07. The van der Waals surface area contributed by atoms with E-state index in [1.807, 2.05) is 30.3 Å². The van der Waals surface area contributed by atoms with E-state index in [2.05, 4.69) is 5.32 Å². The van der Waals surface area contributed by atoms with Gasteiger partial charge in [0, 0.05) is 12.6 Å². The van der Waals surface area contributed by atoms with Crippen molar-refractivity contribution in [3.05, 3.63) is 65.7 Å². The number of rotatable bonds is 7. The molecule has 0 fully saturated rings. The summed E-state index contributed by atoms with van der Waals surface area (Å²) >= 11 is 0. The van der Waals surface area contributed by atoms with Crippen LogP contribution in [-0.4, -0.2) is 72.3 Å². The van der Waals surface area contributed by atoms with Gasteiger partial charge in [0.25, 0.3) is 5.91 Å². The predicted molar refractivity (Wildman–Crippen MR) is 156 cm³/mol. The first-order valence-electron chi connectivity index (χ1n) is 13.4. The molecule has 0 bridgehead atoms. The Hall–Kier alpha value is -4.80. The lowest BCUT2D eigenvalue weighted by atomic mass is 10.0. The summed E-state index contributed by atoms with van der Waals surface area (Å²) < 4.78 is 16.9. The number of hydrogen-bond acceptors (Lipinski definition) is 7. The molecule has 2 N–H and O–H groups in total. The summed E-state index contributed by atoms with van der Waals surface area (Å²) in [7, 11) is 2.96. The summed E-state index contributed by atoms with van der Waals surface area (Å²) in [6, 6.07) is 13.7. The summed E-state index contributed by atoms with van der Waals surface area (Å²) in [5.41, 5.74) is 0.0510. The van der Waals surface area contributed by atoms with Crippen LogP contribution in [-0.2, 0) is 20.9 Å². The number of amides is 3. The number of anilines is 1. The summed E-state index contributed by atoms with van der Waals surface area (Å²) in [5, 5.41) is 14.3. The maximum atomic E-state index is 14.1. The van der Waals surface area contributed by atoms with Gasteiger partial charge in [-0.2, -0.15) is 0 Å². The van der Waals surface area contributed by atoms with E-state index >= 15 is 0 Å². The second-order valence-corrected chi connectivity index (χ2v) is 11.0. The Balaban J connectivity index is 1.71. The van der Waals surface area contributed by atoms with Crippen LogP contribution in [0.15, 0.2) is 54.6 Å². The van der Waals surface area contributed by atoms with Crippen molar-refractivity contribution < 1.29 is 38.5 Å². The molecule has 0 spiro atoms. The molecule has 1 aliphatic rings. The highest BCUT2D eigenvalue weighted by molar-refractivity contribution is 6.04. The van der Waals surface area contributed by atoms with Crippen LogP contribution in [0.3, 0.4) is 0 Å². The molecule has 3 aromatic carbocycles. The second-order valence-electron chi connectivity index (χ2n) is 11.0. The fourth-order valence-corrected chi connectivity index (χ4v) is 4.66. The maximum Gasteiger partial charge on any atom is 0.410 e. The molecule has 0 radical (unpaired) electrons. The van der Waals surface area contributed by atoms with Gasteiger partial charge in [-0.15, -0.1) is 0 Å². The number of methoxy groups -OCH3 is 1. The lowest BCUT2D eigenvalue weighted by Crippen LogP contribution is -2.55. The summed E-state index contributed by atoms with van der Waals surface area (Å²) in [6.07, 6.45) is -0.697. The molecular formula is C31H35N3O8. The quantitative estimate of drug-likeness (QED) is 0.427. The Morgan fingerprint density at radius 2 is 1.83 bits per heavy atom. The van der Waals surface area contributed by atoms with Crippen molar-refractivity contribution in [2.75, 3.05) is 25.7 Å². The van der Waals surface area contributed by atoms with Crippen LogP contribution in [0.2, 0.25) is 0 Å². The fraction of sp³-hybridized carbons (Fsp3) is 0.355. The van der Waals surface area contributed by atoms with Crippen LogP contribution in [0.1, 0.15) is 43.6 Å². The Bertz CT molecular complexity index is 1530. The van der Waals surface area contributed by atoms with Gasteiger partial charge in [-0.3, -0.25) is 14.5 Å². The van der Waals surface area contributed by atoms with Gasteiger partial charge in [-0.05, 0) is 56.7 Å². The minimum Gasteiger partial charge on any atom is -0.496 e. The lowest BCUT2D eigenvalue weighted by molar-refractivity contribution is -0.130. The molecular weight excluding hydrogens is 542 g/mol. The smallest absolute Gasteiger partial charge is 0.410 e. The van der Waals surface area contributed by atoms with Gasteiger partial charge in [-0.1, -0.05) is 36.4 Å². The third-order valence-corrected chi connectivity index (χ3v) is 6.97. The van der Waals surface area contributed by atoms with Crippen LogP contribution in [0.25, 0.3) is 10.8 Å². The maximum absolute atomic E-state index is 14.1. The van der Waals surface area contributed by atoms with E-state index in [0.717, 1.165) is 15.7 Å². The number of carboxylic acid groups (broad SMARTS) is 1. The number of likely N-dealkylation sites (N-methyl/N-ethyl adjacent to an activating group) is 1. The van der Waals surface area contributed by atoms with Crippen LogP contribution in [0.4, 0.5) is 10.5 Å². The number of nitrogens with one attached hydrogen (secondary N) is 1. The highest BCUT2D eigenvalue weighted by Crippen LogP contribution is 2.38. The monoisotopic (exact) mass is 577 g/mol. The molecule has 0 aliphatic carbocycles. The molecule has 0 saturated carbocycles. The molecule has 1 aliphatic heterocycles. The van der Waals surface area contributed by atoms with E-state index in [9.17, 15) is 24.3 Å². The van der Waals surface area contributed by atoms with E-state index in [1.54, 1.807) is 32.9 Å². The highest BCUT2D eigenvalue weighted by Gasteiger charge is 2.37. The molecule has 42 heavy (non-hydrogen) atoms. The Morgan fingerprint density at radius 1 is 1.12 bits per heavy atom. The number of aromatic carboxylic acids is 1. The molecule has 11 heteroatoms. The lowest BCUT2D eigenvalue weighted by Gasteiger charge is -2.30. The summed E-state index contributed by atoms with van der Waals surface area (Å²) in [4.78, 5) is 54.5. The minimum absolute atomic E-state index is 0.00251. The highest BCUT2D eigenvalue weighted by atomic mass is 16.6. The van der Waals surface area contributed by atoms with Gasteiger partial charge < -0.3 is 29.5 Å². The van der Waals surface area contributed by atoms with Crippen molar-refractivity contribution in [2.24, 2.45) is 0 Å². The molecule has 3 amide bonds. The Kier molecular flexibility index (Phi) is 8.60. The van der Waals surface area contributed by atoms with E-state index in [1.165, 1.54) is 38.1 Å². The van der Waals surface area contributed by atoms with Crippen molar-refractivity contribution in [3.8, 4) is 11.5 Å². The zero-order valence-corrected chi connectivity index (χ0v) is 24.5. The predicted octanol–water partition coefficient (Wildman–Crippen LogP) is 4.21. The van der Waals surface area contributed by atoms with Crippen LogP contribution in [0.5, 0.6) is 11.5 Å². The van der Waals surface area contributed by atoms with Crippen molar-refractivity contribution in [1.82, 2.24) is 10.2 Å². The van der Waals surface area contributed by atoms with Gasteiger partial charge in [0.05, 0.1) is 19.3 Å². The van der Waals surface area contributed by atoms with Crippen molar-refractivity contribution in [2.45, 2.75) is 51.9 Å². The van der Waals surface area contributed by atoms with Gasteiger partial charge in [0.1, 0.15) is 35.6 Å². The Labute approximate surface area is 243 Å². The third kappa shape index (κ3) is 6.24. The molecule has 2 unspecified atom stereocenters. The molecule has 11 nitrogen and oxygen atoms in total. The number of fused-ring (bicyclic) bond motifs is 2. The molecule has 0 saturated heterocycles. The first kappa shape index (κ1) is 30.2. The van der Waals surface area contributed by atoms with Gasteiger partial charge >= 0.3 is 12.1 Å². The molecule has 3 aromatic rings. The zero-order valence-electron chi connectivity index (χ0n) is 24.5. The van der Waals surface area contributed by atoms with Gasteiger partial charge in [0.15, 0.2) is 5.75 Å². The Morgan fingerprint density at radius 3 is 2.50 bits per heavy atom. The van der Waals surface area contributed by atoms with Crippen molar-refractivity contribution >= 4 is 40.3 Å². The first-order valence-corrected chi connectivity index (χ1v) is 13.4. The molecule has 222 valence electrons. The summed E-state index contributed by atoms with van der Waals surface area (Å²) in [5.74, 6) is -1.81. The van der Waals surface area contributed by atoms with Crippen molar-refractivity contribution in [1.29, 1.82) is 0 Å². The first-order chi connectivity index (χ1) is 19.8. The van der Waals surface area contributed by atoms with Crippen molar-refractivity contribution in [3.63, 3.8) is 0 Å². The normalized spacial score (nSPS) is 15.6. The average molecular weight is 578 g/mol. The SMILES string of the molecule is COc1ccc2ccccc2c1CN1C(=O)C(NC(=O)C(C)N(C)C(=O)OC(C)(C)C)COc2c(C(=O)O)cccc21. The van der Waals surface area contributed by atoms with Crippen LogP contribution in [0, 0.1) is 0 Å². The number of para-hydroxylation sites is 1. The standard InChI is InChI=1S/C31H35N3O8/c1-18(33(5)30(39)42-31(2,3)4)27(35)32-23-17-41-26-21(29(37)38)12-9-13-24(26)34(28(23)36)16-22-20-11-8-7-10-19(20)14-15-25(22)40-6/h7-15,18,23H,16-17H2,1-6H3,(H,32,35)(H,37,38). The second kappa shape index (κ2) is 12.0. The molecule has 1 heterocycles. The molecule has 2 atom stereocenters. The van der Waals surface area contributed by atoms with Gasteiger partial charge in [0.2, 0.25) is 5.91 Å². The minimum atomic E-state index is -1.22. The summed E-state index contributed by atoms with van der Waals surface area (Å²) in [6.45, 7) is 6.34. The van der Waals surface area contributed by atoms with Crippen LogP contribution >= 0.6 is 0 Å². The largest absolute Gasteiger partial charge is 0.496 e. The van der Waals surface area contributed by atoms with E-state index in [4.69, 9.17) is 14.2 Å². The number of hydrogen-bond donors (Lipinski definition) is 2. The molecule has 0 aromatic heterocycles. The fourth-order valence-electron chi connectivity index (χ4n) is 4.66. The van der Waals surface area contributed by atoms with E-state index < -0.39 is 41.6 Å².